The molecular formula is C14H21NO3S2. The molecule has 1 atom stereocenters. The molecule has 4 nitrogen and oxygen atoms in total. The van der Waals surface area contributed by atoms with Crippen LogP contribution in [0.1, 0.15) is 20.8 Å². The third kappa shape index (κ3) is 4.83. The van der Waals surface area contributed by atoms with Crippen molar-refractivity contribution in [3.8, 4) is 0 Å². The van der Waals surface area contributed by atoms with E-state index in [0.29, 0.717) is 5.69 Å². The number of sulfone groups is 1. The van der Waals surface area contributed by atoms with Gasteiger partial charge in [0.25, 0.3) is 0 Å². The van der Waals surface area contributed by atoms with Gasteiger partial charge in [-0.1, -0.05) is 20.8 Å². The van der Waals surface area contributed by atoms with E-state index in [4.69, 9.17) is 0 Å². The van der Waals surface area contributed by atoms with Gasteiger partial charge in [-0.15, -0.1) is 11.8 Å². The molecule has 112 valence electrons. The Morgan fingerprint density at radius 1 is 1.25 bits per heavy atom. The molecule has 6 heteroatoms. The van der Waals surface area contributed by atoms with Gasteiger partial charge in [-0.3, -0.25) is 4.79 Å². The van der Waals surface area contributed by atoms with E-state index in [-0.39, 0.29) is 22.0 Å². The maximum atomic E-state index is 12.2. The van der Waals surface area contributed by atoms with E-state index in [0.717, 1.165) is 12.0 Å². The molecule has 1 aromatic carbocycles. The highest BCUT2D eigenvalue weighted by Gasteiger charge is 2.22. The largest absolute Gasteiger partial charge is 0.325 e. The first-order chi connectivity index (χ1) is 9.25. The van der Waals surface area contributed by atoms with Crippen molar-refractivity contribution in [3.05, 3.63) is 24.3 Å². The van der Waals surface area contributed by atoms with E-state index >= 15 is 0 Å². The first kappa shape index (κ1) is 17.0. The molecule has 1 rings (SSSR count). The minimum Gasteiger partial charge on any atom is -0.325 e. The van der Waals surface area contributed by atoms with Crippen molar-refractivity contribution in [2.75, 3.05) is 17.3 Å². The van der Waals surface area contributed by atoms with Crippen LogP contribution in [0.25, 0.3) is 0 Å². The van der Waals surface area contributed by atoms with E-state index in [1.54, 1.807) is 23.9 Å². The van der Waals surface area contributed by atoms with E-state index < -0.39 is 9.84 Å². The fourth-order valence-corrected chi connectivity index (χ4v) is 3.33. The van der Waals surface area contributed by atoms with Crippen LogP contribution in [0.15, 0.2) is 29.2 Å². The van der Waals surface area contributed by atoms with Crippen LogP contribution >= 0.6 is 11.8 Å². The average molecular weight is 315 g/mol. The van der Waals surface area contributed by atoms with Crippen molar-refractivity contribution < 1.29 is 13.2 Å². The van der Waals surface area contributed by atoms with Gasteiger partial charge in [-0.05, 0) is 35.9 Å². The summed E-state index contributed by atoms with van der Waals surface area (Å²) >= 11 is 1.61. The van der Waals surface area contributed by atoms with E-state index in [1.807, 2.05) is 20.8 Å². The van der Waals surface area contributed by atoms with Gasteiger partial charge in [0.2, 0.25) is 5.91 Å². The minimum atomic E-state index is -3.20. The maximum absolute atomic E-state index is 12.2. The fraction of sp³-hybridized carbons (Fsp3) is 0.500. The summed E-state index contributed by atoms with van der Waals surface area (Å²) in [6.07, 6.45) is 1.16. The Kier molecular flexibility index (Phi) is 6.07. The lowest BCUT2D eigenvalue weighted by Crippen LogP contribution is -2.29. The Hall–Kier alpha value is -1.01. The zero-order chi connectivity index (χ0) is 15.3. The predicted molar refractivity (Wildman–Crippen MR) is 84.9 cm³/mol. The molecule has 1 amide bonds. The lowest BCUT2D eigenvalue weighted by atomic mass is 10.1. The number of amides is 1. The van der Waals surface area contributed by atoms with Crippen molar-refractivity contribution in [1.29, 1.82) is 0 Å². The van der Waals surface area contributed by atoms with E-state index in [1.165, 1.54) is 12.1 Å². The fourth-order valence-electron chi connectivity index (χ4n) is 1.75. The van der Waals surface area contributed by atoms with Crippen LogP contribution in [-0.2, 0) is 14.6 Å². The number of carbonyl (C=O) groups is 1. The van der Waals surface area contributed by atoms with Crippen molar-refractivity contribution in [2.45, 2.75) is 30.9 Å². The Bertz CT molecular complexity index is 550. The second-order valence-electron chi connectivity index (χ2n) is 4.91. The number of anilines is 1. The number of hydrogen-bond acceptors (Lipinski definition) is 4. The van der Waals surface area contributed by atoms with Gasteiger partial charge in [0.1, 0.15) is 0 Å². The number of carbonyl (C=O) groups excluding carboxylic acids is 1. The molecule has 0 aliphatic rings. The summed E-state index contributed by atoms with van der Waals surface area (Å²) in [7, 11) is -3.20. The molecule has 1 aromatic rings. The molecule has 0 unspecified atom stereocenters. The molecule has 0 heterocycles. The van der Waals surface area contributed by atoms with Gasteiger partial charge in [-0.2, -0.15) is 0 Å². The Morgan fingerprint density at radius 3 is 2.20 bits per heavy atom. The van der Waals surface area contributed by atoms with Crippen LogP contribution in [0, 0.1) is 5.92 Å². The summed E-state index contributed by atoms with van der Waals surface area (Å²) in [5.74, 6) is 1.08. The van der Waals surface area contributed by atoms with Crippen LogP contribution in [0.3, 0.4) is 0 Å². The minimum absolute atomic E-state index is 0.0426. The number of benzene rings is 1. The number of hydrogen-bond donors (Lipinski definition) is 1. The topological polar surface area (TPSA) is 63.2 Å². The molecule has 20 heavy (non-hydrogen) atoms. The summed E-state index contributed by atoms with van der Waals surface area (Å²) in [5, 5.41) is 2.73. The molecule has 0 fully saturated rings. The van der Waals surface area contributed by atoms with Crippen LogP contribution < -0.4 is 5.32 Å². The lowest BCUT2D eigenvalue weighted by Gasteiger charge is -2.19. The summed E-state index contributed by atoms with van der Waals surface area (Å²) in [5.41, 5.74) is 0.616. The van der Waals surface area contributed by atoms with Crippen molar-refractivity contribution >= 4 is 33.2 Å². The van der Waals surface area contributed by atoms with Crippen LogP contribution in [0.5, 0.6) is 0 Å². The van der Waals surface area contributed by atoms with Gasteiger partial charge < -0.3 is 5.32 Å². The van der Waals surface area contributed by atoms with E-state index in [9.17, 15) is 13.2 Å². The van der Waals surface area contributed by atoms with Gasteiger partial charge in [0.15, 0.2) is 9.84 Å². The molecule has 0 aromatic heterocycles. The summed E-state index contributed by atoms with van der Waals surface area (Å²) < 4.78 is 22.7. The van der Waals surface area contributed by atoms with Gasteiger partial charge in [0, 0.05) is 11.9 Å². The Balaban J connectivity index is 2.80. The monoisotopic (exact) mass is 315 g/mol. The average Bonchev–Trinajstić information content (AvgIpc) is 2.34. The zero-order valence-electron chi connectivity index (χ0n) is 12.2. The van der Waals surface area contributed by atoms with Crippen LogP contribution in [-0.4, -0.2) is 31.6 Å². The SMILES string of the molecule is CCS[C@H](C(=O)Nc1ccc(S(C)(=O)=O)cc1)C(C)C. The molecular weight excluding hydrogens is 294 g/mol. The highest BCUT2D eigenvalue weighted by Crippen LogP contribution is 2.22. The maximum Gasteiger partial charge on any atom is 0.237 e. The van der Waals surface area contributed by atoms with Crippen molar-refractivity contribution in [1.82, 2.24) is 0 Å². The van der Waals surface area contributed by atoms with Crippen LogP contribution in [0.4, 0.5) is 5.69 Å². The first-order valence-corrected chi connectivity index (χ1v) is 9.42. The van der Waals surface area contributed by atoms with Crippen molar-refractivity contribution in [2.24, 2.45) is 5.92 Å². The predicted octanol–water partition coefficient (Wildman–Crippen LogP) is 2.81. The summed E-state index contributed by atoms with van der Waals surface area (Å²) in [6, 6.07) is 6.23. The molecule has 0 saturated carbocycles. The molecule has 0 radical (unpaired) electrons. The summed E-state index contributed by atoms with van der Waals surface area (Å²) in [6.45, 7) is 6.05. The van der Waals surface area contributed by atoms with Crippen molar-refractivity contribution in [3.63, 3.8) is 0 Å². The Morgan fingerprint density at radius 2 is 1.80 bits per heavy atom. The zero-order valence-corrected chi connectivity index (χ0v) is 13.8. The normalized spacial score (nSPS) is 13.2. The lowest BCUT2D eigenvalue weighted by molar-refractivity contribution is -0.116. The highest BCUT2D eigenvalue weighted by molar-refractivity contribution is 8.00. The second kappa shape index (κ2) is 7.13. The molecule has 1 N–H and O–H groups in total. The molecule has 0 aliphatic carbocycles. The standard InChI is InChI=1S/C14H21NO3S2/c1-5-19-13(10(2)3)14(16)15-11-6-8-12(9-7-11)20(4,17)18/h6-10,13H,5H2,1-4H3,(H,15,16)/t13-/m0/s1. The van der Waals surface area contributed by atoms with Gasteiger partial charge in [0.05, 0.1) is 10.1 Å². The number of rotatable bonds is 6. The molecule has 0 saturated heterocycles. The third-order valence-corrected chi connectivity index (χ3v) is 5.34. The van der Waals surface area contributed by atoms with Gasteiger partial charge in [-0.25, -0.2) is 8.42 Å². The molecule has 0 bridgehead atoms. The first-order valence-electron chi connectivity index (χ1n) is 6.48. The van der Waals surface area contributed by atoms with Crippen LogP contribution in [0.2, 0.25) is 0 Å². The van der Waals surface area contributed by atoms with E-state index in [2.05, 4.69) is 5.32 Å². The highest BCUT2D eigenvalue weighted by atomic mass is 32.2. The summed E-state index contributed by atoms with van der Waals surface area (Å²) in [4.78, 5) is 12.4. The molecule has 0 aliphatic heterocycles. The number of nitrogens with one attached hydrogen (secondary N) is 1. The Labute approximate surface area is 125 Å². The quantitative estimate of drug-likeness (QED) is 0.877. The third-order valence-electron chi connectivity index (χ3n) is 2.76. The second-order valence-corrected chi connectivity index (χ2v) is 8.34. The number of thioether (sulfide) groups is 1. The smallest absolute Gasteiger partial charge is 0.237 e. The van der Waals surface area contributed by atoms with Gasteiger partial charge >= 0.3 is 0 Å². The molecule has 0 spiro atoms.